The first-order valence-electron chi connectivity index (χ1n) is 22.4. The molecular formula is C56H59BN2. The Morgan fingerprint density at radius 3 is 1.98 bits per heavy atom. The summed E-state index contributed by atoms with van der Waals surface area (Å²) in [5, 5.41) is 0. The maximum absolute atomic E-state index is 2.92. The van der Waals surface area contributed by atoms with Crippen LogP contribution in [0.15, 0.2) is 109 Å². The molecule has 0 saturated heterocycles. The van der Waals surface area contributed by atoms with Crippen LogP contribution in [0, 0.1) is 6.92 Å². The van der Waals surface area contributed by atoms with E-state index in [2.05, 4.69) is 195 Å². The molecule has 0 spiro atoms. The van der Waals surface area contributed by atoms with Gasteiger partial charge in [0.05, 0.1) is 5.54 Å². The lowest BCUT2D eigenvalue weighted by Crippen LogP contribution is -2.65. The van der Waals surface area contributed by atoms with E-state index in [0.29, 0.717) is 0 Å². The summed E-state index contributed by atoms with van der Waals surface area (Å²) in [6.45, 7) is 27.0. The summed E-state index contributed by atoms with van der Waals surface area (Å²) in [5.41, 5.74) is 25.0. The van der Waals surface area contributed by atoms with Gasteiger partial charge in [-0.15, -0.1) is 0 Å². The molecule has 2 nitrogen and oxygen atoms in total. The number of benzene rings is 6. The average molecular weight is 771 g/mol. The Morgan fingerprint density at radius 1 is 0.576 bits per heavy atom. The Labute approximate surface area is 353 Å². The van der Waals surface area contributed by atoms with Crippen LogP contribution in [0.2, 0.25) is 0 Å². The van der Waals surface area contributed by atoms with Crippen molar-refractivity contribution in [2.75, 3.05) is 9.71 Å². The molecule has 0 amide bonds. The van der Waals surface area contributed by atoms with Gasteiger partial charge in [-0.1, -0.05) is 160 Å². The van der Waals surface area contributed by atoms with Gasteiger partial charge in [0.25, 0.3) is 0 Å². The molecule has 5 aliphatic rings. The van der Waals surface area contributed by atoms with E-state index in [1.807, 2.05) is 0 Å². The van der Waals surface area contributed by atoms with Crippen LogP contribution in [-0.2, 0) is 21.7 Å². The fourth-order valence-corrected chi connectivity index (χ4v) is 12.5. The third-order valence-electron chi connectivity index (χ3n) is 16.0. The largest absolute Gasteiger partial charge is 0.376 e. The van der Waals surface area contributed by atoms with Gasteiger partial charge < -0.3 is 9.71 Å². The van der Waals surface area contributed by atoms with Crippen LogP contribution in [0.25, 0.3) is 33.4 Å². The second-order valence-electron chi connectivity index (χ2n) is 21.8. The first kappa shape index (κ1) is 37.0. The Balaban J connectivity index is 1.31. The van der Waals surface area contributed by atoms with Crippen LogP contribution < -0.4 is 20.6 Å². The average Bonchev–Trinajstić information content (AvgIpc) is 3.57. The topological polar surface area (TPSA) is 6.48 Å². The monoisotopic (exact) mass is 770 g/mol. The summed E-state index contributed by atoms with van der Waals surface area (Å²) < 4.78 is 0. The number of fused-ring (bicyclic) bond motifs is 11. The quantitative estimate of drug-likeness (QED) is 0.162. The number of nitrogens with zero attached hydrogens (tertiary/aromatic N) is 2. The number of hydrogen-bond acceptors (Lipinski definition) is 2. The molecule has 6 aromatic rings. The van der Waals surface area contributed by atoms with E-state index in [4.69, 9.17) is 0 Å². The van der Waals surface area contributed by atoms with E-state index in [9.17, 15) is 0 Å². The Hall–Kier alpha value is -5.02. The molecule has 1 fully saturated rings. The Kier molecular flexibility index (Phi) is 7.43. The van der Waals surface area contributed by atoms with Crippen LogP contribution in [0.3, 0.4) is 0 Å². The lowest BCUT2D eigenvalue weighted by atomic mass is 9.42. The normalized spacial score (nSPS) is 21.7. The smallest absolute Gasteiger partial charge is 0.333 e. The summed E-state index contributed by atoms with van der Waals surface area (Å²) in [5.74, 6) is 0. The van der Waals surface area contributed by atoms with Gasteiger partial charge in [0.2, 0.25) is 0 Å². The zero-order valence-corrected chi connectivity index (χ0v) is 37.2. The molecule has 0 aromatic heterocycles. The van der Waals surface area contributed by atoms with Gasteiger partial charge in [-0.3, -0.25) is 0 Å². The molecule has 6 aromatic carbocycles. The first-order chi connectivity index (χ1) is 27.9. The second kappa shape index (κ2) is 11.8. The van der Waals surface area contributed by atoms with Gasteiger partial charge in [-0.25, -0.2) is 0 Å². The highest BCUT2D eigenvalue weighted by molar-refractivity contribution is 6.93. The molecule has 11 rings (SSSR count). The molecule has 2 unspecified atom stereocenters. The second-order valence-corrected chi connectivity index (χ2v) is 21.8. The highest BCUT2D eigenvalue weighted by Crippen LogP contribution is 2.64. The molecule has 3 heterocycles. The molecule has 0 radical (unpaired) electrons. The van der Waals surface area contributed by atoms with E-state index >= 15 is 0 Å². The SMILES string of the molecule is Cc1cc(-c2ccccc2)ccc1N1B2c3cc(C(C)(C)C)cc4c3N(c3cc(C(C)(C)C)cc(c32)-c2c1ccc1c2C(C)(C)c2ccccc2-1)C1(C)CCCCC41C. The lowest BCUT2D eigenvalue weighted by Gasteiger charge is -2.53. The number of aryl methyl sites for hydroxylation is 1. The molecule has 3 aliphatic heterocycles. The van der Waals surface area contributed by atoms with Crippen molar-refractivity contribution in [3.63, 3.8) is 0 Å². The summed E-state index contributed by atoms with van der Waals surface area (Å²) in [6, 6.07) is 42.8. The highest BCUT2D eigenvalue weighted by atomic mass is 15.3. The van der Waals surface area contributed by atoms with Crippen molar-refractivity contribution in [1.29, 1.82) is 0 Å². The molecule has 3 heteroatoms. The van der Waals surface area contributed by atoms with Gasteiger partial charge in [0, 0.05) is 39.1 Å². The summed E-state index contributed by atoms with van der Waals surface area (Å²) >= 11 is 0. The molecule has 296 valence electrons. The van der Waals surface area contributed by atoms with E-state index < -0.39 is 0 Å². The maximum Gasteiger partial charge on any atom is 0.333 e. The van der Waals surface area contributed by atoms with E-state index in [-0.39, 0.29) is 34.0 Å². The molecule has 2 atom stereocenters. The van der Waals surface area contributed by atoms with Crippen LogP contribution in [0.5, 0.6) is 0 Å². The summed E-state index contributed by atoms with van der Waals surface area (Å²) in [7, 11) is 0. The van der Waals surface area contributed by atoms with Crippen molar-refractivity contribution in [1.82, 2.24) is 0 Å². The third kappa shape index (κ3) is 4.77. The molecular weight excluding hydrogens is 711 g/mol. The summed E-state index contributed by atoms with van der Waals surface area (Å²) in [6.07, 6.45) is 4.96. The lowest BCUT2D eigenvalue weighted by molar-refractivity contribution is 0.195. The van der Waals surface area contributed by atoms with Crippen molar-refractivity contribution in [2.24, 2.45) is 0 Å². The summed E-state index contributed by atoms with van der Waals surface area (Å²) in [4.78, 5) is 5.72. The third-order valence-corrected chi connectivity index (χ3v) is 16.0. The predicted octanol–water partition coefficient (Wildman–Crippen LogP) is 13.5. The number of rotatable bonds is 2. The Morgan fingerprint density at radius 2 is 1.25 bits per heavy atom. The predicted molar refractivity (Wildman–Crippen MR) is 253 cm³/mol. The van der Waals surface area contributed by atoms with Gasteiger partial charge in [0.15, 0.2) is 0 Å². The van der Waals surface area contributed by atoms with E-state index in [1.165, 1.54) is 121 Å². The van der Waals surface area contributed by atoms with Gasteiger partial charge in [-0.2, -0.15) is 0 Å². The molecule has 0 bridgehead atoms. The van der Waals surface area contributed by atoms with Crippen LogP contribution in [-0.4, -0.2) is 12.4 Å². The molecule has 0 N–H and O–H groups in total. The van der Waals surface area contributed by atoms with Crippen molar-refractivity contribution in [2.45, 2.75) is 129 Å². The minimum absolute atomic E-state index is 0.000847. The van der Waals surface area contributed by atoms with Crippen LogP contribution in [0.4, 0.5) is 22.7 Å². The minimum atomic E-state index is -0.173. The molecule has 1 saturated carbocycles. The molecule has 59 heavy (non-hydrogen) atoms. The maximum atomic E-state index is 2.92. The van der Waals surface area contributed by atoms with Crippen LogP contribution in [0.1, 0.15) is 128 Å². The number of anilines is 4. The Bertz CT molecular complexity index is 2780. The fraction of sp³-hybridized carbons (Fsp3) is 0.357. The zero-order chi connectivity index (χ0) is 41.2. The van der Waals surface area contributed by atoms with Gasteiger partial charge >= 0.3 is 6.85 Å². The zero-order valence-electron chi connectivity index (χ0n) is 37.2. The first-order valence-corrected chi connectivity index (χ1v) is 22.4. The van der Waals surface area contributed by atoms with E-state index in [1.54, 1.807) is 5.56 Å². The fourth-order valence-electron chi connectivity index (χ4n) is 12.5. The molecule has 2 aliphatic carbocycles. The van der Waals surface area contributed by atoms with Crippen molar-refractivity contribution < 1.29 is 0 Å². The van der Waals surface area contributed by atoms with Gasteiger partial charge in [-0.05, 0) is 134 Å². The van der Waals surface area contributed by atoms with E-state index in [0.717, 1.165) is 0 Å². The standard InChI is InChI=1S/C56H59BN2/c1-34-29-36(35-19-13-12-14-20-35)23-25-45(34)59-46-26-24-40-39-21-15-16-22-42(39)54(8,9)49(40)48(46)41-30-37(52(2,3)4)33-47-50(41)57(59)44-32-38(53(5,6)7)31-43-51(44)58(47)56(11)28-18-17-27-55(43,56)10/h12-16,19-26,29-33H,17-18,27-28H2,1-11H3. The van der Waals surface area contributed by atoms with Gasteiger partial charge in [0.1, 0.15) is 0 Å². The van der Waals surface area contributed by atoms with Crippen molar-refractivity contribution in [3.8, 4) is 33.4 Å². The van der Waals surface area contributed by atoms with Crippen molar-refractivity contribution in [3.05, 3.63) is 143 Å². The minimum Gasteiger partial charge on any atom is -0.376 e. The highest BCUT2D eigenvalue weighted by Gasteiger charge is 2.62. The van der Waals surface area contributed by atoms with Crippen LogP contribution >= 0.6 is 0 Å². The number of hydrogen-bond donors (Lipinski definition) is 0. The van der Waals surface area contributed by atoms with Crippen molar-refractivity contribution >= 4 is 40.5 Å².